The normalized spacial score (nSPS) is 16.4. The first-order valence-electron chi connectivity index (χ1n) is 10.4. The fraction of sp³-hybridized carbons (Fsp3) is 0.174. The van der Waals surface area contributed by atoms with Gasteiger partial charge in [0.25, 0.3) is 0 Å². The van der Waals surface area contributed by atoms with E-state index < -0.39 is 11.6 Å². The fourth-order valence-corrected chi connectivity index (χ4v) is 4.88. The highest BCUT2D eigenvalue weighted by atomic mass is 35.5. The van der Waals surface area contributed by atoms with E-state index in [-0.39, 0.29) is 6.04 Å². The van der Waals surface area contributed by atoms with Crippen LogP contribution in [0.25, 0.3) is 28.1 Å². The van der Waals surface area contributed by atoms with Gasteiger partial charge in [-0.2, -0.15) is 5.10 Å². The van der Waals surface area contributed by atoms with Crippen molar-refractivity contribution in [2.45, 2.75) is 18.9 Å². The van der Waals surface area contributed by atoms with Crippen molar-refractivity contribution in [3.05, 3.63) is 76.0 Å². The number of benzene rings is 2. The summed E-state index contributed by atoms with van der Waals surface area (Å²) in [5.74, 6) is 0.314. The zero-order valence-electron chi connectivity index (χ0n) is 17.1. The average molecular weight is 485 g/mol. The summed E-state index contributed by atoms with van der Waals surface area (Å²) in [7, 11) is 0. The predicted octanol–water partition coefficient (Wildman–Crippen LogP) is 6.20. The summed E-state index contributed by atoms with van der Waals surface area (Å²) in [6.07, 6.45) is 5.01. The average Bonchev–Trinajstić information content (AvgIpc) is 3.55. The number of nitrogens with one attached hydrogen (secondary N) is 1. The topological polar surface area (TPSA) is 62.1 Å². The second kappa shape index (κ2) is 7.67. The highest BCUT2D eigenvalue weighted by molar-refractivity contribution is 6.39. The van der Waals surface area contributed by atoms with E-state index >= 15 is 0 Å². The molecule has 33 heavy (non-hydrogen) atoms. The van der Waals surface area contributed by atoms with Gasteiger partial charge in [0.1, 0.15) is 28.8 Å². The minimum absolute atomic E-state index is 0.300. The van der Waals surface area contributed by atoms with Gasteiger partial charge in [-0.15, -0.1) is 0 Å². The van der Waals surface area contributed by atoms with Gasteiger partial charge in [0.05, 0.1) is 33.4 Å². The molecule has 0 radical (unpaired) electrons. The number of aromatic amines is 1. The number of H-pyrrole nitrogens is 1. The molecule has 6 nitrogen and oxygen atoms in total. The molecule has 0 spiro atoms. The lowest BCUT2D eigenvalue weighted by Gasteiger charge is -2.26. The predicted molar refractivity (Wildman–Crippen MR) is 124 cm³/mol. The number of hydrogen-bond donors (Lipinski definition) is 1. The Morgan fingerprint density at radius 3 is 2.73 bits per heavy atom. The third kappa shape index (κ3) is 3.32. The highest BCUT2D eigenvalue weighted by Crippen LogP contribution is 2.37. The zero-order valence-corrected chi connectivity index (χ0v) is 18.6. The summed E-state index contributed by atoms with van der Waals surface area (Å²) < 4.78 is 30.0. The Morgan fingerprint density at radius 1 is 1.03 bits per heavy atom. The maximum absolute atomic E-state index is 14.5. The van der Waals surface area contributed by atoms with Crippen LogP contribution < -0.4 is 4.90 Å². The Balaban J connectivity index is 1.45. The molecule has 0 saturated carbocycles. The molecule has 1 aliphatic heterocycles. The van der Waals surface area contributed by atoms with Crippen LogP contribution in [0.5, 0.6) is 0 Å². The summed E-state index contributed by atoms with van der Waals surface area (Å²) in [4.78, 5) is 14.6. The van der Waals surface area contributed by atoms with Crippen molar-refractivity contribution in [2.24, 2.45) is 0 Å². The summed E-state index contributed by atoms with van der Waals surface area (Å²) in [5, 5.41) is 5.38. The van der Waals surface area contributed by atoms with Crippen molar-refractivity contribution in [1.29, 1.82) is 0 Å². The van der Waals surface area contributed by atoms with Crippen molar-refractivity contribution in [3.8, 4) is 11.4 Å². The molecule has 1 N–H and O–H groups in total. The summed E-state index contributed by atoms with van der Waals surface area (Å²) in [6, 6.07) is 8.50. The van der Waals surface area contributed by atoms with Gasteiger partial charge in [0.15, 0.2) is 5.65 Å². The first kappa shape index (κ1) is 20.4. The van der Waals surface area contributed by atoms with E-state index in [2.05, 4.69) is 15.1 Å². The van der Waals surface area contributed by atoms with Crippen LogP contribution in [0.4, 0.5) is 14.6 Å². The summed E-state index contributed by atoms with van der Waals surface area (Å²) in [5.41, 5.74) is 2.79. The number of imidazole rings is 1. The van der Waals surface area contributed by atoms with Crippen molar-refractivity contribution in [2.75, 3.05) is 11.4 Å². The molecule has 0 unspecified atom stereocenters. The van der Waals surface area contributed by atoms with Gasteiger partial charge in [-0.25, -0.2) is 23.3 Å². The van der Waals surface area contributed by atoms with Crippen LogP contribution in [-0.4, -0.2) is 31.1 Å². The lowest BCUT2D eigenvalue weighted by atomic mass is 10.0. The molecule has 0 amide bonds. The maximum atomic E-state index is 14.5. The monoisotopic (exact) mass is 484 g/mol. The van der Waals surface area contributed by atoms with Crippen molar-refractivity contribution in [1.82, 2.24) is 24.6 Å². The quantitative estimate of drug-likeness (QED) is 0.331. The van der Waals surface area contributed by atoms with Crippen LogP contribution in [0.2, 0.25) is 10.0 Å². The van der Waals surface area contributed by atoms with Crippen LogP contribution in [0.1, 0.15) is 24.4 Å². The van der Waals surface area contributed by atoms with Crippen molar-refractivity contribution >= 4 is 45.7 Å². The van der Waals surface area contributed by atoms with Gasteiger partial charge >= 0.3 is 0 Å². The number of nitrogens with zero attached hydrogens (tertiary/aromatic N) is 5. The summed E-state index contributed by atoms with van der Waals surface area (Å²) in [6.45, 7) is 0.684. The third-order valence-corrected chi connectivity index (χ3v) is 6.64. The number of aromatic nitrogens is 5. The Bertz CT molecular complexity index is 1490. The van der Waals surface area contributed by atoms with E-state index in [0.717, 1.165) is 12.5 Å². The number of anilines is 1. The smallest absolute Gasteiger partial charge is 0.168 e. The van der Waals surface area contributed by atoms with Gasteiger partial charge in [-0.3, -0.25) is 0 Å². The maximum Gasteiger partial charge on any atom is 0.168 e. The van der Waals surface area contributed by atoms with E-state index in [1.807, 2.05) is 11.0 Å². The van der Waals surface area contributed by atoms with Crippen LogP contribution >= 0.6 is 23.2 Å². The second-order valence-corrected chi connectivity index (χ2v) is 8.78. The number of hydrogen-bond acceptors (Lipinski definition) is 4. The molecule has 6 rings (SSSR count). The fourth-order valence-electron chi connectivity index (χ4n) is 4.48. The molecule has 1 atom stereocenters. The van der Waals surface area contributed by atoms with Gasteiger partial charge in [-0.1, -0.05) is 23.2 Å². The standard InChI is InChI=1S/C23H16Cl2F2N6/c24-15-4-5-16(25)21-20(15)30-22(31-21)14-11-28-33-9-7-19(29-23(14)33)32-8-1-2-18(32)13-10-12(26)3-6-17(13)27/h3-7,9-11,18H,1-2,8H2,(H,30,31)/t18-/m1/s1. The summed E-state index contributed by atoms with van der Waals surface area (Å²) >= 11 is 12.6. The van der Waals surface area contributed by atoms with Gasteiger partial charge in [0, 0.05) is 18.3 Å². The molecule has 1 fully saturated rings. The largest absolute Gasteiger partial charge is 0.349 e. The first-order chi connectivity index (χ1) is 16.0. The molecular formula is C23H16Cl2F2N6. The van der Waals surface area contributed by atoms with E-state index in [1.54, 1.807) is 29.0 Å². The molecule has 0 aliphatic carbocycles. The molecule has 1 aliphatic rings. The minimum Gasteiger partial charge on any atom is -0.349 e. The molecule has 4 heterocycles. The zero-order chi connectivity index (χ0) is 22.7. The molecule has 10 heteroatoms. The Morgan fingerprint density at radius 2 is 1.88 bits per heavy atom. The minimum atomic E-state index is -0.457. The van der Waals surface area contributed by atoms with E-state index in [9.17, 15) is 8.78 Å². The second-order valence-electron chi connectivity index (χ2n) is 7.97. The van der Waals surface area contributed by atoms with Gasteiger partial charge in [0.2, 0.25) is 0 Å². The Hall–Kier alpha value is -3.23. The van der Waals surface area contributed by atoms with Crippen LogP contribution in [-0.2, 0) is 0 Å². The lowest BCUT2D eigenvalue weighted by molar-refractivity contribution is 0.560. The highest BCUT2D eigenvalue weighted by Gasteiger charge is 2.30. The van der Waals surface area contributed by atoms with Crippen molar-refractivity contribution < 1.29 is 8.78 Å². The third-order valence-electron chi connectivity index (χ3n) is 6.02. The molecule has 1 saturated heterocycles. The molecule has 5 aromatic rings. The first-order valence-corrected chi connectivity index (χ1v) is 11.2. The number of halogens is 4. The van der Waals surface area contributed by atoms with E-state index in [0.29, 0.717) is 62.5 Å². The van der Waals surface area contributed by atoms with Gasteiger partial charge in [-0.05, 0) is 49.2 Å². The lowest BCUT2D eigenvalue weighted by Crippen LogP contribution is -2.24. The number of rotatable bonds is 3. The number of fused-ring (bicyclic) bond motifs is 2. The molecule has 0 bridgehead atoms. The van der Waals surface area contributed by atoms with Crippen LogP contribution in [0, 0.1) is 11.6 Å². The molecule has 166 valence electrons. The Labute approximate surface area is 196 Å². The van der Waals surface area contributed by atoms with Gasteiger partial charge < -0.3 is 9.88 Å². The van der Waals surface area contributed by atoms with E-state index in [4.69, 9.17) is 28.2 Å². The molecule has 3 aromatic heterocycles. The van der Waals surface area contributed by atoms with E-state index in [1.165, 1.54) is 12.1 Å². The Kier molecular flexibility index (Phi) is 4.74. The molecular weight excluding hydrogens is 469 g/mol. The van der Waals surface area contributed by atoms with Crippen molar-refractivity contribution in [3.63, 3.8) is 0 Å². The van der Waals surface area contributed by atoms with Crippen LogP contribution in [0.15, 0.2) is 48.8 Å². The van der Waals surface area contributed by atoms with Crippen LogP contribution in [0.3, 0.4) is 0 Å². The molecule has 2 aromatic carbocycles. The SMILES string of the molecule is Fc1ccc(F)c([C@H]2CCCN2c2ccn3ncc(-c4nc5c(Cl)ccc(Cl)c5[nH]4)c3n2)c1.